The highest BCUT2D eigenvalue weighted by Gasteiger charge is 2.31. The summed E-state index contributed by atoms with van der Waals surface area (Å²) in [6, 6.07) is 6.14. The fourth-order valence-electron chi connectivity index (χ4n) is 3.23. The van der Waals surface area contributed by atoms with Crippen molar-refractivity contribution in [2.24, 2.45) is 0 Å². The fraction of sp³-hybridized carbons (Fsp3) is 0.500. The molecule has 0 unspecified atom stereocenters. The number of benzene rings is 1. The highest BCUT2D eigenvalue weighted by Crippen LogP contribution is 2.31. The van der Waals surface area contributed by atoms with E-state index in [1.807, 2.05) is 0 Å². The monoisotopic (exact) mass is 376 g/mol. The van der Waals surface area contributed by atoms with E-state index in [9.17, 15) is 9.18 Å². The van der Waals surface area contributed by atoms with Crippen molar-refractivity contribution in [3.63, 3.8) is 0 Å². The van der Waals surface area contributed by atoms with E-state index in [4.69, 9.17) is 13.9 Å². The number of oxazole rings is 1. The lowest BCUT2D eigenvalue weighted by Gasteiger charge is -2.33. The van der Waals surface area contributed by atoms with Gasteiger partial charge >= 0.3 is 0 Å². The van der Waals surface area contributed by atoms with Crippen LogP contribution in [0.3, 0.4) is 0 Å². The van der Waals surface area contributed by atoms with Crippen molar-refractivity contribution < 1.29 is 23.1 Å². The number of carbonyl (C=O) groups is 1. The van der Waals surface area contributed by atoms with Crippen LogP contribution in [0, 0.1) is 5.82 Å². The van der Waals surface area contributed by atoms with Crippen LogP contribution in [0.15, 0.2) is 34.9 Å². The van der Waals surface area contributed by atoms with E-state index in [-0.39, 0.29) is 24.4 Å². The summed E-state index contributed by atoms with van der Waals surface area (Å²) in [5.74, 6) is 0.929. The third-order valence-electron chi connectivity index (χ3n) is 4.63. The molecule has 1 saturated heterocycles. The smallest absolute Gasteiger partial charge is 0.249 e. The van der Waals surface area contributed by atoms with Crippen LogP contribution in [-0.4, -0.2) is 49.3 Å². The molecule has 2 aromatic rings. The minimum atomic E-state index is -0.263. The van der Waals surface area contributed by atoms with Crippen LogP contribution >= 0.6 is 0 Å². The van der Waals surface area contributed by atoms with Gasteiger partial charge in [-0.1, -0.05) is 12.1 Å². The lowest BCUT2D eigenvalue weighted by Crippen LogP contribution is -2.40. The van der Waals surface area contributed by atoms with Gasteiger partial charge in [-0.15, -0.1) is 0 Å². The number of likely N-dealkylation sites (tertiary alicyclic amines) is 1. The van der Waals surface area contributed by atoms with Gasteiger partial charge in [-0.05, 0) is 37.0 Å². The minimum absolute atomic E-state index is 0.0308. The molecule has 27 heavy (non-hydrogen) atoms. The number of amides is 1. The van der Waals surface area contributed by atoms with E-state index in [1.54, 1.807) is 30.3 Å². The molecule has 1 aromatic heterocycles. The van der Waals surface area contributed by atoms with Gasteiger partial charge in [0.15, 0.2) is 0 Å². The van der Waals surface area contributed by atoms with Crippen LogP contribution in [0.4, 0.5) is 4.39 Å². The van der Waals surface area contributed by atoms with Crippen molar-refractivity contribution in [1.29, 1.82) is 0 Å². The number of aromatic nitrogens is 1. The van der Waals surface area contributed by atoms with E-state index in [0.29, 0.717) is 37.8 Å². The van der Waals surface area contributed by atoms with Crippen molar-refractivity contribution in [2.75, 3.05) is 33.5 Å². The molecule has 1 aromatic carbocycles. The summed E-state index contributed by atoms with van der Waals surface area (Å²) >= 11 is 0. The molecule has 0 N–H and O–H groups in total. The average molecular weight is 376 g/mol. The van der Waals surface area contributed by atoms with E-state index >= 15 is 0 Å². The maximum atomic E-state index is 13.0. The third kappa shape index (κ3) is 5.37. The Balaban J connectivity index is 1.63. The molecule has 0 bridgehead atoms. The van der Waals surface area contributed by atoms with Crippen LogP contribution in [-0.2, 0) is 20.7 Å². The predicted molar refractivity (Wildman–Crippen MR) is 96.7 cm³/mol. The van der Waals surface area contributed by atoms with Crippen LogP contribution in [0.2, 0.25) is 0 Å². The Morgan fingerprint density at radius 3 is 2.89 bits per heavy atom. The SMILES string of the molecule is COCCOCC(=O)N1CCCC[C@H]1c1ncc(Cc2ccc(F)cc2)o1. The quantitative estimate of drug-likeness (QED) is 0.663. The number of hydrogen-bond donors (Lipinski definition) is 0. The molecule has 1 fully saturated rings. The van der Waals surface area contributed by atoms with Gasteiger partial charge in [-0.3, -0.25) is 4.79 Å². The van der Waals surface area contributed by atoms with E-state index in [0.717, 1.165) is 24.8 Å². The number of methoxy groups -OCH3 is 1. The normalized spacial score (nSPS) is 17.3. The molecule has 1 atom stereocenters. The average Bonchev–Trinajstić information content (AvgIpc) is 3.15. The molecule has 0 spiro atoms. The highest BCUT2D eigenvalue weighted by atomic mass is 19.1. The lowest BCUT2D eigenvalue weighted by atomic mass is 10.0. The Bertz CT molecular complexity index is 732. The summed E-state index contributed by atoms with van der Waals surface area (Å²) in [6.45, 7) is 1.56. The molecule has 1 aliphatic rings. The molecule has 3 rings (SSSR count). The Labute approximate surface area is 158 Å². The summed E-state index contributed by atoms with van der Waals surface area (Å²) < 4.78 is 29.2. The third-order valence-corrected chi connectivity index (χ3v) is 4.63. The van der Waals surface area contributed by atoms with Gasteiger partial charge in [-0.25, -0.2) is 9.37 Å². The summed E-state index contributed by atoms with van der Waals surface area (Å²) in [4.78, 5) is 18.7. The summed E-state index contributed by atoms with van der Waals surface area (Å²) in [5, 5.41) is 0. The van der Waals surface area contributed by atoms with Crippen LogP contribution in [0.5, 0.6) is 0 Å². The number of hydrogen-bond acceptors (Lipinski definition) is 5. The number of ether oxygens (including phenoxy) is 2. The first kappa shape index (κ1) is 19.5. The summed E-state index contributed by atoms with van der Waals surface area (Å²) in [5.41, 5.74) is 0.946. The number of halogens is 1. The molecule has 0 aliphatic carbocycles. The standard InChI is InChI=1S/C20H25FN2O4/c1-25-10-11-26-14-19(24)23-9-3-2-4-18(23)20-22-13-17(27-20)12-15-5-7-16(21)8-6-15/h5-8,13,18H,2-4,9-12,14H2,1H3/t18-/m0/s1. The maximum Gasteiger partial charge on any atom is 0.249 e. The zero-order chi connectivity index (χ0) is 19.1. The molecule has 0 saturated carbocycles. The maximum absolute atomic E-state index is 13.0. The first-order valence-electron chi connectivity index (χ1n) is 9.22. The number of piperidine rings is 1. The molecule has 1 amide bonds. The van der Waals surface area contributed by atoms with Crippen molar-refractivity contribution in [3.8, 4) is 0 Å². The zero-order valence-corrected chi connectivity index (χ0v) is 15.5. The minimum Gasteiger partial charge on any atom is -0.443 e. The van der Waals surface area contributed by atoms with Crippen LogP contribution in [0.25, 0.3) is 0 Å². The second-order valence-corrected chi connectivity index (χ2v) is 6.61. The highest BCUT2D eigenvalue weighted by molar-refractivity contribution is 5.78. The second kappa shape index (κ2) is 9.62. The van der Waals surface area contributed by atoms with Gasteiger partial charge in [0.2, 0.25) is 11.8 Å². The van der Waals surface area contributed by atoms with Crippen molar-refractivity contribution >= 4 is 5.91 Å². The van der Waals surface area contributed by atoms with Crippen molar-refractivity contribution in [2.45, 2.75) is 31.7 Å². The van der Waals surface area contributed by atoms with Crippen molar-refractivity contribution in [1.82, 2.24) is 9.88 Å². The van der Waals surface area contributed by atoms with E-state index < -0.39 is 0 Å². The molecule has 0 radical (unpaired) electrons. The Hall–Kier alpha value is -2.25. The molecule has 2 heterocycles. The summed E-state index contributed by atoms with van der Waals surface area (Å²) in [7, 11) is 1.60. The van der Waals surface area contributed by atoms with Crippen LogP contribution in [0.1, 0.15) is 42.5 Å². The molecular formula is C20H25FN2O4. The first-order valence-corrected chi connectivity index (χ1v) is 9.22. The number of nitrogens with zero attached hydrogens (tertiary/aromatic N) is 2. The molecular weight excluding hydrogens is 351 g/mol. The fourth-order valence-corrected chi connectivity index (χ4v) is 3.23. The lowest BCUT2D eigenvalue weighted by molar-refractivity contribution is -0.141. The number of rotatable bonds is 8. The zero-order valence-electron chi connectivity index (χ0n) is 15.5. The molecule has 6 nitrogen and oxygen atoms in total. The van der Waals surface area contributed by atoms with E-state index in [2.05, 4.69) is 4.98 Å². The number of carbonyl (C=O) groups excluding carboxylic acids is 1. The summed E-state index contributed by atoms with van der Waals surface area (Å²) in [6.07, 6.45) is 5.03. The topological polar surface area (TPSA) is 64.8 Å². The van der Waals surface area contributed by atoms with Crippen LogP contribution < -0.4 is 0 Å². The Morgan fingerprint density at radius 2 is 2.11 bits per heavy atom. The molecule has 7 heteroatoms. The first-order chi connectivity index (χ1) is 13.2. The Morgan fingerprint density at radius 1 is 1.30 bits per heavy atom. The second-order valence-electron chi connectivity index (χ2n) is 6.61. The van der Waals surface area contributed by atoms with Gasteiger partial charge < -0.3 is 18.8 Å². The van der Waals surface area contributed by atoms with Gasteiger partial charge in [0.05, 0.1) is 19.4 Å². The molecule has 1 aliphatic heterocycles. The van der Waals surface area contributed by atoms with Gasteiger partial charge in [-0.2, -0.15) is 0 Å². The van der Waals surface area contributed by atoms with Gasteiger partial charge in [0.1, 0.15) is 24.2 Å². The van der Waals surface area contributed by atoms with E-state index in [1.165, 1.54) is 12.1 Å². The van der Waals surface area contributed by atoms with Crippen molar-refractivity contribution in [3.05, 3.63) is 53.5 Å². The van der Waals surface area contributed by atoms with Gasteiger partial charge in [0, 0.05) is 20.1 Å². The van der Waals surface area contributed by atoms with Gasteiger partial charge in [0.25, 0.3) is 0 Å². The Kier molecular flexibility index (Phi) is 6.95. The molecule has 146 valence electrons. The largest absolute Gasteiger partial charge is 0.443 e. The predicted octanol–water partition coefficient (Wildman–Crippen LogP) is 3.12.